The van der Waals surface area contributed by atoms with Crippen molar-refractivity contribution in [1.82, 2.24) is 4.90 Å². The van der Waals surface area contributed by atoms with Gasteiger partial charge in [-0.2, -0.15) is 0 Å². The third-order valence-electron chi connectivity index (χ3n) is 3.60. The van der Waals surface area contributed by atoms with Crippen LogP contribution in [0.2, 0.25) is 0 Å². The Bertz CT molecular complexity index is 441. The molecule has 0 aromatic heterocycles. The molecule has 1 heterocycles. The van der Waals surface area contributed by atoms with Gasteiger partial charge in [0.1, 0.15) is 11.6 Å². The molecular formula is C14H20F2N2O. The predicted octanol–water partition coefficient (Wildman–Crippen LogP) is 2.07. The Hall–Kier alpha value is -1.04. The molecule has 0 radical (unpaired) electrons. The lowest BCUT2D eigenvalue weighted by molar-refractivity contribution is -0.0658. The highest BCUT2D eigenvalue weighted by Crippen LogP contribution is 2.27. The van der Waals surface area contributed by atoms with E-state index in [0.717, 1.165) is 6.07 Å². The number of halogens is 2. The fraction of sp³-hybridized carbons (Fsp3) is 0.571. The number of morpholine rings is 1. The third-order valence-corrected chi connectivity index (χ3v) is 3.60. The quantitative estimate of drug-likeness (QED) is 0.914. The first kappa shape index (κ1) is 14.4. The standard InChI is InChI=1S/C14H20F2N2O/c1-9-8-19-10(2)7-18(9)14(6-17)12-4-3-11(15)5-13(12)16/h3-5,9-10,14H,6-8,17H2,1-2H3. The number of nitrogens with zero attached hydrogens (tertiary/aromatic N) is 1. The SMILES string of the molecule is CC1CN(C(CN)c2ccc(F)cc2F)C(C)CO1. The van der Waals surface area contributed by atoms with Crippen molar-refractivity contribution < 1.29 is 13.5 Å². The van der Waals surface area contributed by atoms with E-state index in [1.54, 1.807) is 0 Å². The highest BCUT2D eigenvalue weighted by Gasteiger charge is 2.31. The molecule has 0 spiro atoms. The van der Waals surface area contributed by atoms with Gasteiger partial charge in [0.2, 0.25) is 0 Å². The smallest absolute Gasteiger partial charge is 0.130 e. The molecule has 106 valence electrons. The minimum absolute atomic E-state index is 0.0914. The van der Waals surface area contributed by atoms with E-state index in [4.69, 9.17) is 10.5 Å². The van der Waals surface area contributed by atoms with Crippen LogP contribution in [0, 0.1) is 11.6 Å². The number of hydrogen-bond donors (Lipinski definition) is 1. The van der Waals surface area contributed by atoms with Gasteiger partial charge in [-0.1, -0.05) is 6.07 Å². The van der Waals surface area contributed by atoms with Crippen molar-refractivity contribution in [1.29, 1.82) is 0 Å². The highest BCUT2D eigenvalue weighted by atomic mass is 19.1. The van der Waals surface area contributed by atoms with Crippen LogP contribution in [0.5, 0.6) is 0 Å². The van der Waals surface area contributed by atoms with Crippen molar-refractivity contribution in [3.05, 3.63) is 35.4 Å². The Labute approximate surface area is 112 Å². The van der Waals surface area contributed by atoms with Crippen molar-refractivity contribution in [3.63, 3.8) is 0 Å². The van der Waals surface area contributed by atoms with Crippen molar-refractivity contribution in [2.24, 2.45) is 5.73 Å². The van der Waals surface area contributed by atoms with Gasteiger partial charge in [0.05, 0.1) is 18.8 Å². The molecule has 2 rings (SSSR count). The molecule has 3 nitrogen and oxygen atoms in total. The Morgan fingerprint density at radius 1 is 1.42 bits per heavy atom. The normalized spacial score (nSPS) is 26.4. The summed E-state index contributed by atoms with van der Waals surface area (Å²) in [5.74, 6) is -1.11. The van der Waals surface area contributed by atoms with E-state index in [2.05, 4.69) is 4.90 Å². The van der Waals surface area contributed by atoms with Crippen molar-refractivity contribution in [2.45, 2.75) is 32.0 Å². The van der Waals surface area contributed by atoms with E-state index in [-0.39, 0.29) is 18.2 Å². The molecule has 3 unspecified atom stereocenters. The van der Waals surface area contributed by atoms with Crippen LogP contribution in [0.4, 0.5) is 8.78 Å². The maximum atomic E-state index is 13.9. The number of hydrogen-bond acceptors (Lipinski definition) is 3. The van der Waals surface area contributed by atoms with Crippen LogP contribution in [0.25, 0.3) is 0 Å². The van der Waals surface area contributed by atoms with Gasteiger partial charge in [-0.05, 0) is 19.9 Å². The molecule has 0 aliphatic carbocycles. The molecule has 1 fully saturated rings. The molecule has 2 N–H and O–H groups in total. The fourth-order valence-electron chi connectivity index (χ4n) is 2.58. The minimum atomic E-state index is -0.569. The summed E-state index contributed by atoms with van der Waals surface area (Å²) in [6, 6.07) is 3.58. The van der Waals surface area contributed by atoms with E-state index < -0.39 is 11.6 Å². The molecule has 1 aliphatic heterocycles. The first-order chi connectivity index (χ1) is 9.02. The zero-order chi connectivity index (χ0) is 14.0. The summed E-state index contributed by atoms with van der Waals surface area (Å²) in [6.07, 6.45) is 0.0914. The second kappa shape index (κ2) is 5.94. The van der Waals surface area contributed by atoms with Crippen LogP contribution in [0.1, 0.15) is 25.5 Å². The molecule has 0 bridgehead atoms. The lowest BCUT2D eigenvalue weighted by Crippen LogP contribution is -2.50. The number of rotatable bonds is 3. The number of ether oxygens (including phenoxy) is 1. The van der Waals surface area contributed by atoms with Gasteiger partial charge < -0.3 is 10.5 Å². The summed E-state index contributed by atoms with van der Waals surface area (Å²) in [7, 11) is 0. The van der Waals surface area contributed by atoms with Crippen LogP contribution in [-0.2, 0) is 4.74 Å². The van der Waals surface area contributed by atoms with Gasteiger partial charge in [0.15, 0.2) is 0 Å². The molecule has 1 saturated heterocycles. The van der Waals surface area contributed by atoms with E-state index in [1.165, 1.54) is 12.1 Å². The molecule has 1 aromatic rings. The molecule has 5 heteroatoms. The largest absolute Gasteiger partial charge is 0.376 e. The maximum absolute atomic E-state index is 13.9. The van der Waals surface area contributed by atoms with Crippen LogP contribution < -0.4 is 5.73 Å². The summed E-state index contributed by atoms with van der Waals surface area (Å²) >= 11 is 0. The average molecular weight is 270 g/mol. The lowest BCUT2D eigenvalue weighted by Gasteiger charge is -2.41. The maximum Gasteiger partial charge on any atom is 0.130 e. The van der Waals surface area contributed by atoms with Gasteiger partial charge in [-0.15, -0.1) is 0 Å². The predicted molar refractivity (Wildman–Crippen MR) is 69.7 cm³/mol. The van der Waals surface area contributed by atoms with Crippen molar-refractivity contribution in [2.75, 3.05) is 19.7 Å². The summed E-state index contributed by atoms with van der Waals surface area (Å²) in [5, 5.41) is 0. The molecular weight excluding hydrogens is 250 g/mol. The molecule has 1 aliphatic rings. The lowest BCUT2D eigenvalue weighted by atomic mass is 10.0. The van der Waals surface area contributed by atoms with E-state index in [0.29, 0.717) is 25.3 Å². The van der Waals surface area contributed by atoms with Crippen molar-refractivity contribution >= 4 is 0 Å². The third kappa shape index (κ3) is 3.11. The van der Waals surface area contributed by atoms with Gasteiger partial charge in [0, 0.05) is 30.8 Å². The second-order valence-electron chi connectivity index (χ2n) is 5.11. The van der Waals surface area contributed by atoms with E-state index in [1.807, 2.05) is 13.8 Å². The monoisotopic (exact) mass is 270 g/mol. The molecule has 0 saturated carbocycles. The molecule has 3 atom stereocenters. The molecule has 0 amide bonds. The second-order valence-corrected chi connectivity index (χ2v) is 5.11. The number of nitrogens with two attached hydrogens (primary N) is 1. The summed E-state index contributed by atoms with van der Waals surface area (Å²) in [6.45, 7) is 5.59. The van der Waals surface area contributed by atoms with Gasteiger partial charge in [-0.3, -0.25) is 4.90 Å². The summed E-state index contributed by atoms with van der Waals surface area (Å²) in [5.41, 5.74) is 6.26. The van der Waals surface area contributed by atoms with Gasteiger partial charge in [0.25, 0.3) is 0 Å². The van der Waals surface area contributed by atoms with Crippen LogP contribution in [-0.4, -0.2) is 36.7 Å². The Morgan fingerprint density at radius 3 is 2.79 bits per heavy atom. The Kier molecular flexibility index (Phi) is 4.50. The van der Waals surface area contributed by atoms with Crippen LogP contribution in [0.3, 0.4) is 0 Å². The first-order valence-corrected chi connectivity index (χ1v) is 6.55. The van der Waals surface area contributed by atoms with Gasteiger partial charge >= 0.3 is 0 Å². The zero-order valence-corrected chi connectivity index (χ0v) is 11.3. The Balaban J connectivity index is 2.27. The Morgan fingerprint density at radius 2 is 2.16 bits per heavy atom. The number of benzene rings is 1. The van der Waals surface area contributed by atoms with Crippen LogP contribution in [0.15, 0.2) is 18.2 Å². The summed E-state index contributed by atoms with van der Waals surface area (Å²) in [4.78, 5) is 2.13. The molecule has 19 heavy (non-hydrogen) atoms. The first-order valence-electron chi connectivity index (χ1n) is 6.55. The molecule has 1 aromatic carbocycles. The average Bonchev–Trinajstić information content (AvgIpc) is 2.36. The fourth-order valence-corrected chi connectivity index (χ4v) is 2.58. The van der Waals surface area contributed by atoms with E-state index >= 15 is 0 Å². The minimum Gasteiger partial charge on any atom is -0.376 e. The zero-order valence-electron chi connectivity index (χ0n) is 11.3. The van der Waals surface area contributed by atoms with Crippen molar-refractivity contribution in [3.8, 4) is 0 Å². The summed E-state index contributed by atoms with van der Waals surface area (Å²) < 4.78 is 32.5. The topological polar surface area (TPSA) is 38.5 Å². The van der Waals surface area contributed by atoms with E-state index in [9.17, 15) is 8.78 Å². The highest BCUT2D eigenvalue weighted by molar-refractivity contribution is 5.23. The van der Waals surface area contributed by atoms with Gasteiger partial charge in [-0.25, -0.2) is 8.78 Å². The van der Waals surface area contributed by atoms with Crippen LogP contribution >= 0.6 is 0 Å².